The number of allylic oxidation sites excluding steroid dienone is 2. The van der Waals surface area contributed by atoms with Gasteiger partial charge in [-0.2, -0.15) is 0 Å². The van der Waals surface area contributed by atoms with E-state index in [0.717, 1.165) is 36.4 Å². The van der Waals surface area contributed by atoms with Crippen molar-refractivity contribution in [2.75, 3.05) is 0 Å². The van der Waals surface area contributed by atoms with E-state index in [1.165, 1.54) is 44.9 Å². The largest absolute Gasteiger partial charge is 0.446 e. The Labute approximate surface area is 140 Å². The third-order valence-electron chi connectivity index (χ3n) is 8.33. The van der Waals surface area contributed by atoms with Crippen molar-refractivity contribution in [1.82, 2.24) is 0 Å². The highest BCUT2D eigenvalue weighted by molar-refractivity contribution is 5.21. The van der Waals surface area contributed by atoms with Gasteiger partial charge in [0.05, 0.1) is 0 Å². The van der Waals surface area contributed by atoms with Gasteiger partial charge < -0.3 is 14.9 Å². The fourth-order valence-electron chi connectivity index (χ4n) is 7.12. The summed E-state index contributed by atoms with van der Waals surface area (Å²) in [6.45, 7) is 3.21. The molecular formula is C20H32O3. The Bertz CT molecular complexity index is 499. The van der Waals surface area contributed by atoms with Crippen LogP contribution in [-0.2, 0) is 4.74 Å². The molecule has 3 nitrogen and oxygen atoms in total. The normalized spacial score (nSPS) is 49.2. The van der Waals surface area contributed by atoms with E-state index in [2.05, 4.69) is 19.9 Å². The highest BCUT2D eigenvalue weighted by atomic mass is 16.7. The van der Waals surface area contributed by atoms with Gasteiger partial charge in [-0.25, -0.2) is 0 Å². The molecule has 0 aromatic carbocycles. The van der Waals surface area contributed by atoms with Gasteiger partial charge in [0, 0.05) is 5.41 Å². The van der Waals surface area contributed by atoms with Crippen LogP contribution < -0.4 is 0 Å². The van der Waals surface area contributed by atoms with E-state index in [4.69, 9.17) is 4.74 Å². The first kappa shape index (κ1) is 16.0. The molecule has 4 aliphatic rings. The van der Waals surface area contributed by atoms with Gasteiger partial charge in [-0.05, 0) is 80.1 Å². The Morgan fingerprint density at radius 3 is 2.65 bits per heavy atom. The van der Waals surface area contributed by atoms with Crippen LogP contribution in [0.15, 0.2) is 11.8 Å². The summed E-state index contributed by atoms with van der Waals surface area (Å²) in [5, 5.41) is 18.5. The molecular weight excluding hydrogens is 288 g/mol. The minimum absolute atomic E-state index is 0.0166. The average molecular weight is 320 g/mol. The van der Waals surface area contributed by atoms with E-state index < -0.39 is 6.48 Å². The number of rotatable bonds is 2. The summed E-state index contributed by atoms with van der Waals surface area (Å²) in [6.07, 6.45) is 14.1. The van der Waals surface area contributed by atoms with Crippen molar-refractivity contribution in [2.24, 2.45) is 34.5 Å². The second-order valence-electron chi connectivity index (χ2n) is 9.11. The number of hydrogen-bond donors (Lipinski definition) is 2. The lowest BCUT2D eigenvalue weighted by Crippen LogP contribution is -2.52. The molecule has 0 radical (unpaired) electrons. The van der Waals surface area contributed by atoms with Gasteiger partial charge in [0.2, 0.25) is 0 Å². The van der Waals surface area contributed by atoms with Crippen LogP contribution in [0.1, 0.15) is 71.6 Å². The Morgan fingerprint density at radius 2 is 1.87 bits per heavy atom. The first-order valence-electron chi connectivity index (χ1n) is 9.68. The van der Waals surface area contributed by atoms with Crippen LogP contribution in [0.2, 0.25) is 0 Å². The zero-order valence-corrected chi connectivity index (χ0v) is 14.6. The van der Waals surface area contributed by atoms with E-state index in [-0.39, 0.29) is 5.41 Å². The van der Waals surface area contributed by atoms with Crippen LogP contribution in [-0.4, -0.2) is 16.7 Å². The molecule has 0 amide bonds. The molecule has 3 saturated carbocycles. The van der Waals surface area contributed by atoms with Crippen LogP contribution >= 0.6 is 0 Å². The molecule has 3 heteroatoms. The predicted molar refractivity (Wildman–Crippen MR) is 89.1 cm³/mol. The van der Waals surface area contributed by atoms with Gasteiger partial charge in [-0.3, -0.25) is 0 Å². The lowest BCUT2D eigenvalue weighted by molar-refractivity contribution is -0.225. The van der Waals surface area contributed by atoms with Gasteiger partial charge in [0.25, 0.3) is 0 Å². The summed E-state index contributed by atoms with van der Waals surface area (Å²) in [7, 11) is 0. The zero-order valence-electron chi connectivity index (χ0n) is 14.6. The number of ether oxygens (including phenoxy) is 1. The van der Waals surface area contributed by atoms with Crippen molar-refractivity contribution in [3.8, 4) is 0 Å². The van der Waals surface area contributed by atoms with E-state index in [0.29, 0.717) is 11.3 Å². The molecule has 0 bridgehead atoms. The highest BCUT2D eigenvalue weighted by Gasteiger charge is 2.58. The number of fused-ring (bicyclic) bond motifs is 5. The first-order valence-corrected chi connectivity index (χ1v) is 9.68. The van der Waals surface area contributed by atoms with Crippen LogP contribution in [0.4, 0.5) is 0 Å². The second-order valence-corrected chi connectivity index (χ2v) is 9.11. The average Bonchev–Trinajstić information content (AvgIpc) is 2.83. The predicted octanol–water partition coefficient (Wildman–Crippen LogP) is 4.20. The fraction of sp³-hybridized carbons (Fsp3) is 0.900. The molecule has 23 heavy (non-hydrogen) atoms. The smallest absolute Gasteiger partial charge is 0.310 e. The molecule has 2 N–H and O–H groups in total. The monoisotopic (exact) mass is 320 g/mol. The van der Waals surface area contributed by atoms with Crippen LogP contribution in [0.5, 0.6) is 0 Å². The van der Waals surface area contributed by atoms with Gasteiger partial charge in [0.15, 0.2) is 0 Å². The van der Waals surface area contributed by atoms with Crippen LogP contribution in [0.25, 0.3) is 0 Å². The summed E-state index contributed by atoms with van der Waals surface area (Å²) in [5.74, 6) is 4.08. The van der Waals surface area contributed by atoms with Crippen LogP contribution in [0.3, 0.4) is 0 Å². The molecule has 0 unspecified atom stereocenters. The zero-order chi connectivity index (χ0) is 16.2. The van der Waals surface area contributed by atoms with E-state index >= 15 is 0 Å². The van der Waals surface area contributed by atoms with Crippen molar-refractivity contribution in [3.63, 3.8) is 0 Å². The summed E-state index contributed by atoms with van der Waals surface area (Å²) in [4.78, 5) is 0. The Balaban J connectivity index is 1.58. The molecule has 4 aliphatic carbocycles. The lowest BCUT2D eigenvalue weighted by Gasteiger charge is -2.60. The lowest BCUT2D eigenvalue weighted by atomic mass is 9.45. The summed E-state index contributed by atoms with van der Waals surface area (Å²) in [6, 6.07) is 0. The van der Waals surface area contributed by atoms with Gasteiger partial charge in [-0.1, -0.05) is 26.7 Å². The maximum Gasteiger partial charge on any atom is 0.310 e. The highest BCUT2D eigenvalue weighted by Crippen LogP contribution is 2.66. The Hall–Kier alpha value is -0.540. The van der Waals surface area contributed by atoms with Crippen molar-refractivity contribution >= 4 is 0 Å². The third-order valence-corrected chi connectivity index (χ3v) is 8.33. The van der Waals surface area contributed by atoms with Gasteiger partial charge in [-0.15, -0.1) is 0 Å². The Morgan fingerprint density at radius 1 is 1.04 bits per heavy atom. The topological polar surface area (TPSA) is 49.7 Å². The molecule has 130 valence electrons. The van der Waals surface area contributed by atoms with Crippen LogP contribution in [0, 0.1) is 34.5 Å². The van der Waals surface area contributed by atoms with E-state index in [1.807, 2.05) is 0 Å². The number of aliphatic hydroxyl groups excluding tert-OH is 1. The molecule has 4 rings (SSSR count). The molecule has 0 heterocycles. The quantitative estimate of drug-likeness (QED) is 0.750. The number of aliphatic hydroxyl groups is 2. The summed E-state index contributed by atoms with van der Waals surface area (Å²) < 4.78 is 5.37. The van der Waals surface area contributed by atoms with Crippen molar-refractivity contribution in [1.29, 1.82) is 0 Å². The van der Waals surface area contributed by atoms with Crippen molar-refractivity contribution < 1.29 is 14.9 Å². The fourth-order valence-corrected chi connectivity index (χ4v) is 7.12. The van der Waals surface area contributed by atoms with E-state index in [1.54, 1.807) is 0 Å². The first-order chi connectivity index (χ1) is 10.9. The molecule has 3 fully saturated rings. The summed E-state index contributed by atoms with van der Waals surface area (Å²) >= 11 is 0. The van der Waals surface area contributed by atoms with Crippen molar-refractivity contribution in [3.05, 3.63) is 11.8 Å². The third kappa shape index (κ3) is 2.30. The minimum atomic E-state index is -1.68. The van der Waals surface area contributed by atoms with Gasteiger partial charge in [0.1, 0.15) is 5.76 Å². The van der Waals surface area contributed by atoms with Crippen molar-refractivity contribution in [2.45, 2.75) is 78.1 Å². The number of hydrogen-bond acceptors (Lipinski definition) is 3. The SMILES string of the molecule is C[C@]12CCCC[C@H]1CC[C@@H]1[C@@H]2CC[C@]2(C)C(OC(O)O)=CC[C@@H]12. The molecule has 0 spiro atoms. The minimum Gasteiger partial charge on any atom is -0.446 e. The molecule has 0 saturated heterocycles. The Kier molecular flexibility index (Phi) is 3.81. The molecule has 0 aliphatic heterocycles. The molecule has 0 aromatic rings. The standard InChI is InChI=1S/C20H32O3/c1-19-11-4-3-5-13(19)6-7-14-15-8-9-17(23-18(21)22)20(15,2)12-10-16(14)19/h9,13-16,18,21-22H,3-8,10-12H2,1-2H3/t13-,14-,15-,16-,19-,20-/m0/s1. The van der Waals surface area contributed by atoms with Gasteiger partial charge >= 0.3 is 6.48 Å². The second kappa shape index (κ2) is 5.49. The van der Waals surface area contributed by atoms with E-state index in [9.17, 15) is 10.2 Å². The molecule has 0 aromatic heterocycles. The maximum absolute atomic E-state index is 9.24. The summed E-state index contributed by atoms with van der Waals surface area (Å²) in [5.41, 5.74) is 0.575. The maximum atomic E-state index is 9.24. The molecule has 6 atom stereocenters.